The molecule has 2 aromatic carbocycles. The number of carboxylic acids is 1. The first-order valence-corrected chi connectivity index (χ1v) is 16.2. The summed E-state index contributed by atoms with van der Waals surface area (Å²) in [4.78, 5) is 31.7. The number of ether oxygens (including phenoxy) is 2. The number of carbonyl (C=O) groups excluding carboxylic acids is 1. The van der Waals surface area contributed by atoms with Gasteiger partial charge >= 0.3 is 5.97 Å². The predicted molar refractivity (Wildman–Crippen MR) is 184 cm³/mol. The summed E-state index contributed by atoms with van der Waals surface area (Å²) >= 11 is 14.1. The van der Waals surface area contributed by atoms with Gasteiger partial charge in [-0.1, -0.05) is 71.7 Å². The molecule has 4 aromatic rings. The monoisotopic (exact) mass is 693 g/mol. The summed E-state index contributed by atoms with van der Waals surface area (Å²) in [5, 5.41) is 29.0. The van der Waals surface area contributed by atoms with Gasteiger partial charge in [-0.25, -0.2) is 9.97 Å². The Balaban J connectivity index is 1.35. The number of nitrogens with zero attached hydrogens (tertiary/aromatic N) is 2. The molecular formula is C35H37Cl2N5O6. The number of carboxylic acid groups (broad SMARTS) is 1. The number of carbonyl (C=O) groups is 2. The Labute approximate surface area is 288 Å². The average Bonchev–Trinajstić information content (AvgIpc) is 3.49. The number of hydrogen-bond donors (Lipinski definition) is 5. The van der Waals surface area contributed by atoms with Crippen molar-refractivity contribution in [2.45, 2.75) is 44.5 Å². The van der Waals surface area contributed by atoms with E-state index in [2.05, 4.69) is 20.9 Å². The molecule has 1 fully saturated rings. The van der Waals surface area contributed by atoms with E-state index in [0.29, 0.717) is 75.9 Å². The number of hydrogen-bond acceptors (Lipinski definition) is 9. The summed E-state index contributed by atoms with van der Waals surface area (Å²) < 4.78 is 11.2. The maximum Gasteiger partial charge on any atom is 0.306 e. The number of aromatic nitrogens is 2. The van der Waals surface area contributed by atoms with E-state index in [0.717, 1.165) is 23.1 Å². The van der Waals surface area contributed by atoms with Crippen LogP contribution in [0.5, 0.6) is 11.8 Å². The topological polar surface area (TPSA) is 155 Å². The van der Waals surface area contributed by atoms with Gasteiger partial charge in [-0.3, -0.25) is 9.59 Å². The van der Waals surface area contributed by atoms with Gasteiger partial charge in [-0.05, 0) is 18.6 Å². The molecule has 1 unspecified atom stereocenters. The number of methoxy groups -OCH3 is 2. The molecule has 0 radical (unpaired) electrons. The molecule has 0 bridgehead atoms. The highest BCUT2D eigenvalue weighted by Crippen LogP contribution is 2.42. The molecule has 3 heterocycles. The van der Waals surface area contributed by atoms with Crippen molar-refractivity contribution < 1.29 is 29.3 Å². The van der Waals surface area contributed by atoms with E-state index in [1.165, 1.54) is 7.11 Å². The van der Waals surface area contributed by atoms with Gasteiger partial charge in [-0.15, -0.1) is 0 Å². The van der Waals surface area contributed by atoms with Gasteiger partial charge in [0.15, 0.2) is 0 Å². The number of nitrogens with one attached hydrogen (secondary N) is 3. The zero-order valence-electron chi connectivity index (χ0n) is 26.6. The number of amides is 1. The van der Waals surface area contributed by atoms with Crippen LogP contribution in [0.25, 0.3) is 33.6 Å². The minimum atomic E-state index is -1.07. The Hall–Kier alpha value is -4.26. The first kappa shape index (κ1) is 35.1. The average molecular weight is 695 g/mol. The Kier molecular flexibility index (Phi) is 11.9. The van der Waals surface area contributed by atoms with Crippen molar-refractivity contribution in [2.24, 2.45) is 0 Å². The van der Waals surface area contributed by atoms with Crippen LogP contribution in [0.4, 0.5) is 0 Å². The third kappa shape index (κ3) is 8.41. The number of rotatable bonds is 15. The van der Waals surface area contributed by atoms with Gasteiger partial charge in [0.25, 0.3) is 0 Å². The zero-order valence-corrected chi connectivity index (χ0v) is 28.1. The van der Waals surface area contributed by atoms with Crippen LogP contribution in [0.2, 0.25) is 10.0 Å². The lowest BCUT2D eigenvalue weighted by atomic mass is 9.98. The van der Waals surface area contributed by atoms with Gasteiger partial charge < -0.3 is 35.6 Å². The molecule has 5 rings (SSSR count). The third-order valence-electron chi connectivity index (χ3n) is 8.00. The van der Waals surface area contributed by atoms with Crippen LogP contribution in [0.15, 0.2) is 60.7 Å². The van der Waals surface area contributed by atoms with Gasteiger partial charge in [0, 0.05) is 72.0 Å². The molecule has 5 N–H and O–H groups in total. The molecule has 2 aromatic heterocycles. The fourth-order valence-electron chi connectivity index (χ4n) is 5.60. The van der Waals surface area contributed by atoms with Crippen LogP contribution in [0.1, 0.15) is 30.4 Å². The molecule has 48 heavy (non-hydrogen) atoms. The molecule has 0 saturated carbocycles. The SMILES string of the molecule is COc1nc(-c2cccc(-c3cccc(-c4ccc(CNC[C@@H](O)CC(=O)O)c(OC)n4)c3Cl)c2Cl)ccc1CNCC1CCC(=O)N1. The predicted octanol–water partition coefficient (Wildman–Crippen LogP) is 5.10. The Morgan fingerprint density at radius 3 is 1.88 bits per heavy atom. The molecule has 1 saturated heterocycles. The van der Waals surface area contributed by atoms with Crippen molar-refractivity contribution in [3.63, 3.8) is 0 Å². The van der Waals surface area contributed by atoms with Crippen molar-refractivity contribution in [1.82, 2.24) is 25.9 Å². The molecule has 11 nitrogen and oxygen atoms in total. The lowest BCUT2D eigenvalue weighted by Crippen LogP contribution is -2.35. The van der Waals surface area contributed by atoms with Crippen molar-refractivity contribution >= 4 is 35.1 Å². The second-order valence-electron chi connectivity index (χ2n) is 11.4. The summed E-state index contributed by atoms with van der Waals surface area (Å²) in [6.45, 7) is 1.62. The molecule has 0 spiro atoms. The van der Waals surface area contributed by atoms with Crippen molar-refractivity contribution in [3.8, 4) is 45.4 Å². The van der Waals surface area contributed by atoms with Crippen LogP contribution in [-0.2, 0) is 22.7 Å². The second-order valence-corrected chi connectivity index (χ2v) is 12.1. The number of aliphatic carboxylic acids is 1. The molecule has 1 aliphatic rings. The lowest BCUT2D eigenvalue weighted by molar-refractivity contribution is -0.139. The van der Waals surface area contributed by atoms with Gasteiger partial charge in [0.2, 0.25) is 17.7 Å². The Bertz CT molecular complexity index is 1790. The Morgan fingerprint density at radius 2 is 1.40 bits per heavy atom. The number of pyridine rings is 2. The molecule has 2 atom stereocenters. The fraction of sp³-hybridized carbons (Fsp3) is 0.314. The molecule has 0 aliphatic carbocycles. The van der Waals surface area contributed by atoms with Crippen LogP contribution in [0.3, 0.4) is 0 Å². The summed E-state index contributed by atoms with van der Waals surface area (Å²) in [6.07, 6.45) is 0.0279. The molecule has 1 aliphatic heterocycles. The van der Waals surface area contributed by atoms with Crippen LogP contribution >= 0.6 is 23.2 Å². The second kappa shape index (κ2) is 16.2. The van der Waals surface area contributed by atoms with Gasteiger partial charge in [0.05, 0.1) is 48.2 Å². The molecule has 13 heteroatoms. The lowest BCUT2D eigenvalue weighted by Gasteiger charge is -2.16. The zero-order chi connectivity index (χ0) is 34.2. The number of aliphatic hydroxyl groups excluding tert-OH is 1. The summed E-state index contributed by atoms with van der Waals surface area (Å²) in [6, 6.07) is 19.0. The molecule has 1 amide bonds. The highest BCUT2D eigenvalue weighted by Gasteiger charge is 2.21. The van der Waals surface area contributed by atoms with Crippen molar-refractivity contribution in [3.05, 3.63) is 81.8 Å². The van der Waals surface area contributed by atoms with E-state index in [4.69, 9.17) is 42.8 Å². The van der Waals surface area contributed by atoms with E-state index in [1.54, 1.807) is 7.11 Å². The highest BCUT2D eigenvalue weighted by atomic mass is 35.5. The van der Waals surface area contributed by atoms with E-state index < -0.39 is 12.1 Å². The first-order chi connectivity index (χ1) is 23.2. The van der Waals surface area contributed by atoms with Crippen molar-refractivity contribution in [2.75, 3.05) is 27.3 Å². The van der Waals surface area contributed by atoms with Gasteiger partial charge in [-0.2, -0.15) is 0 Å². The summed E-state index contributed by atoms with van der Waals surface area (Å²) in [7, 11) is 3.09. The highest BCUT2D eigenvalue weighted by molar-refractivity contribution is 6.39. The first-order valence-electron chi connectivity index (χ1n) is 15.4. The van der Waals surface area contributed by atoms with Crippen LogP contribution < -0.4 is 25.4 Å². The summed E-state index contributed by atoms with van der Waals surface area (Å²) in [5.41, 5.74) is 5.68. The third-order valence-corrected chi connectivity index (χ3v) is 8.82. The van der Waals surface area contributed by atoms with E-state index >= 15 is 0 Å². The smallest absolute Gasteiger partial charge is 0.306 e. The van der Waals surface area contributed by atoms with E-state index in [1.807, 2.05) is 60.7 Å². The Morgan fingerprint density at radius 1 is 0.875 bits per heavy atom. The van der Waals surface area contributed by atoms with Crippen LogP contribution in [0, 0.1) is 0 Å². The standard InChI is InChI=1S/C35H37Cl2N5O6/c1-47-34-20(16-38-18-22-11-14-30(44)40-22)9-12-28(41-34)26-7-3-5-24(32(26)36)25-6-4-8-27(33(25)37)29-13-10-21(35(42-29)48-2)17-39-19-23(43)15-31(45)46/h3-10,12-13,22-23,38-39,43H,11,14-19H2,1-2H3,(H,40,44)(H,45,46)/t22?,23-/m0/s1. The maximum atomic E-state index is 11.5. The molecular weight excluding hydrogens is 657 g/mol. The number of aliphatic hydroxyl groups is 1. The summed E-state index contributed by atoms with van der Waals surface area (Å²) in [5.74, 6) is -0.128. The molecule has 252 valence electrons. The minimum absolute atomic E-state index is 0.0865. The quantitative estimate of drug-likeness (QED) is 0.114. The van der Waals surface area contributed by atoms with Crippen LogP contribution in [-0.4, -0.2) is 71.5 Å². The van der Waals surface area contributed by atoms with Crippen molar-refractivity contribution in [1.29, 1.82) is 0 Å². The largest absolute Gasteiger partial charge is 0.481 e. The van der Waals surface area contributed by atoms with Gasteiger partial charge in [0.1, 0.15) is 0 Å². The maximum absolute atomic E-state index is 11.5. The fourth-order valence-corrected chi connectivity index (χ4v) is 6.24. The normalized spacial score (nSPS) is 14.9. The van der Waals surface area contributed by atoms with E-state index in [-0.39, 0.29) is 24.9 Å². The minimum Gasteiger partial charge on any atom is -0.481 e. The number of benzene rings is 2. The van der Waals surface area contributed by atoms with E-state index in [9.17, 15) is 14.7 Å². The number of halogens is 2.